The lowest BCUT2D eigenvalue weighted by atomic mass is 10.2. The Morgan fingerprint density at radius 1 is 1.21 bits per heavy atom. The van der Waals surface area contributed by atoms with Crippen molar-refractivity contribution in [2.75, 3.05) is 36.5 Å². The van der Waals surface area contributed by atoms with Crippen LogP contribution >= 0.6 is 0 Å². The van der Waals surface area contributed by atoms with E-state index in [4.69, 9.17) is 9.26 Å². The van der Waals surface area contributed by atoms with Crippen molar-refractivity contribution >= 4 is 17.5 Å². The molecule has 0 bridgehead atoms. The molecule has 6 nitrogen and oxygen atoms in total. The molecule has 0 radical (unpaired) electrons. The number of rotatable bonds is 3. The molecule has 1 fully saturated rings. The fourth-order valence-electron chi connectivity index (χ4n) is 2.27. The van der Waals surface area contributed by atoms with E-state index in [-0.39, 0.29) is 11.4 Å². The Bertz CT molecular complexity index is 724. The van der Waals surface area contributed by atoms with Crippen molar-refractivity contribution in [2.24, 2.45) is 0 Å². The summed E-state index contributed by atoms with van der Waals surface area (Å²) < 4.78 is 48.4. The first-order valence-corrected chi connectivity index (χ1v) is 7.21. The predicted octanol–water partition coefficient (Wildman–Crippen LogP) is 2.78. The number of aromatic nitrogens is 1. The van der Waals surface area contributed by atoms with Crippen LogP contribution in [0.2, 0.25) is 0 Å². The van der Waals surface area contributed by atoms with Crippen LogP contribution in [0.1, 0.15) is 16.1 Å². The average Bonchev–Trinajstić information content (AvgIpc) is 3.05. The number of carbonyl (C=O) groups excluding carboxylic acids is 1. The summed E-state index contributed by atoms with van der Waals surface area (Å²) in [5.41, 5.74) is -0.811. The summed E-state index contributed by atoms with van der Waals surface area (Å²) in [6.45, 7) is 2.33. The number of hydrogen-bond donors (Lipinski definition) is 1. The number of nitrogens with one attached hydrogen (secondary N) is 1. The van der Waals surface area contributed by atoms with Crippen molar-refractivity contribution in [2.45, 2.75) is 6.18 Å². The van der Waals surface area contributed by atoms with Crippen LogP contribution < -0.4 is 10.2 Å². The Morgan fingerprint density at radius 3 is 2.67 bits per heavy atom. The predicted molar refractivity (Wildman–Crippen MR) is 78.9 cm³/mol. The Balaban J connectivity index is 1.70. The minimum atomic E-state index is -4.47. The number of nitrogens with zero attached hydrogens (tertiary/aromatic N) is 2. The first-order chi connectivity index (χ1) is 11.4. The van der Waals surface area contributed by atoms with Crippen molar-refractivity contribution in [1.29, 1.82) is 0 Å². The Labute approximate surface area is 135 Å². The molecule has 2 heterocycles. The first-order valence-electron chi connectivity index (χ1n) is 7.21. The van der Waals surface area contributed by atoms with Crippen LogP contribution in [0, 0.1) is 0 Å². The molecular formula is C15H14F3N3O3. The van der Waals surface area contributed by atoms with Crippen LogP contribution in [0.15, 0.2) is 34.9 Å². The van der Waals surface area contributed by atoms with Gasteiger partial charge in [0.05, 0.1) is 18.8 Å². The van der Waals surface area contributed by atoms with E-state index in [1.807, 2.05) is 4.90 Å². The molecule has 0 atom stereocenters. The molecule has 9 heteroatoms. The van der Waals surface area contributed by atoms with Gasteiger partial charge in [0, 0.05) is 24.8 Å². The standard InChI is InChI=1S/C15H14F3N3O3/c16-15(17,18)10-2-1-3-11(8-10)19-14(22)12-9-13(24-20-12)21-4-6-23-7-5-21/h1-3,8-9H,4-7H2,(H,19,22). The molecule has 2 aromatic rings. The topological polar surface area (TPSA) is 67.6 Å². The highest BCUT2D eigenvalue weighted by atomic mass is 19.4. The summed E-state index contributed by atoms with van der Waals surface area (Å²) >= 11 is 0. The van der Waals surface area contributed by atoms with Crippen molar-refractivity contribution < 1.29 is 27.2 Å². The van der Waals surface area contributed by atoms with E-state index >= 15 is 0 Å². The van der Waals surface area contributed by atoms with E-state index in [1.165, 1.54) is 18.2 Å². The van der Waals surface area contributed by atoms with Gasteiger partial charge in [-0.3, -0.25) is 4.79 Å². The highest BCUT2D eigenvalue weighted by Crippen LogP contribution is 2.30. The van der Waals surface area contributed by atoms with Crippen LogP contribution in [-0.4, -0.2) is 37.4 Å². The van der Waals surface area contributed by atoms with Crippen LogP contribution in [0.3, 0.4) is 0 Å². The van der Waals surface area contributed by atoms with Crippen molar-refractivity contribution in [1.82, 2.24) is 5.16 Å². The molecule has 128 valence electrons. The summed E-state index contributed by atoms with van der Waals surface area (Å²) in [7, 11) is 0. The minimum absolute atomic E-state index is 0.00564. The maximum Gasteiger partial charge on any atom is 0.416 e. The third-order valence-electron chi connectivity index (χ3n) is 3.50. The van der Waals surface area contributed by atoms with Gasteiger partial charge in [0.25, 0.3) is 5.91 Å². The SMILES string of the molecule is O=C(Nc1cccc(C(F)(F)F)c1)c1cc(N2CCOCC2)on1. The number of halogens is 3. The molecule has 0 unspecified atom stereocenters. The van der Waals surface area contributed by atoms with E-state index in [0.29, 0.717) is 32.2 Å². The molecule has 1 N–H and O–H groups in total. The normalized spacial score (nSPS) is 15.4. The summed E-state index contributed by atoms with van der Waals surface area (Å²) in [6, 6.07) is 5.84. The smallest absolute Gasteiger partial charge is 0.378 e. The zero-order chi connectivity index (χ0) is 17.2. The Kier molecular flexibility index (Phi) is 4.43. The molecule has 1 aromatic carbocycles. The molecule has 24 heavy (non-hydrogen) atoms. The van der Waals surface area contributed by atoms with Gasteiger partial charge in [0.1, 0.15) is 0 Å². The van der Waals surface area contributed by atoms with Crippen molar-refractivity contribution in [3.8, 4) is 0 Å². The monoisotopic (exact) mass is 341 g/mol. The number of ether oxygens (including phenoxy) is 1. The minimum Gasteiger partial charge on any atom is -0.378 e. The molecule has 3 rings (SSSR count). The van der Waals surface area contributed by atoms with Gasteiger partial charge in [-0.15, -0.1) is 0 Å². The van der Waals surface area contributed by atoms with Crippen LogP contribution in [0.4, 0.5) is 24.7 Å². The fourth-order valence-corrected chi connectivity index (χ4v) is 2.27. The largest absolute Gasteiger partial charge is 0.416 e. The zero-order valence-electron chi connectivity index (χ0n) is 12.5. The molecule has 1 amide bonds. The van der Waals surface area contributed by atoms with Crippen LogP contribution in [-0.2, 0) is 10.9 Å². The second-order valence-electron chi connectivity index (χ2n) is 5.18. The third kappa shape index (κ3) is 3.67. The second-order valence-corrected chi connectivity index (χ2v) is 5.18. The summed E-state index contributed by atoms with van der Waals surface area (Å²) in [6.07, 6.45) is -4.47. The second kappa shape index (κ2) is 6.52. The number of hydrogen-bond acceptors (Lipinski definition) is 5. The maximum absolute atomic E-state index is 12.7. The molecule has 1 aromatic heterocycles. The first kappa shape index (κ1) is 16.3. The lowest BCUT2D eigenvalue weighted by Gasteiger charge is -2.25. The van der Waals surface area contributed by atoms with Crippen LogP contribution in [0.25, 0.3) is 0 Å². The molecule has 1 saturated heterocycles. The van der Waals surface area contributed by atoms with Gasteiger partial charge in [-0.1, -0.05) is 11.2 Å². The molecule has 0 saturated carbocycles. The molecular weight excluding hydrogens is 327 g/mol. The molecule has 1 aliphatic heterocycles. The number of carbonyl (C=O) groups is 1. The Morgan fingerprint density at radius 2 is 1.96 bits per heavy atom. The quantitative estimate of drug-likeness (QED) is 0.930. The van der Waals surface area contributed by atoms with E-state index in [9.17, 15) is 18.0 Å². The van der Waals surface area contributed by atoms with E-state index < -0.39 is 17.6 Å². The summed E-state index contributed by atoms with van der Waals surface area (Å²) in [4.78, 5) is 14.0. The van der Waals surface area contributed by atoms with Gasteiger partial charge in [-0.25, -0.2) is 0 Å². The summed E-state index contributed by atoms with van der Waals surface area (Å²) in [5.74, 6) is -0.218. The van der Waals surface area contributed by atoms with E-state index in [0.717, 1.165) is 12.1 Å². The van der Waals surface area contributed by atoms with Crippen LogP contribution in [0.5, 0.6) is 0 Å². The van der Waals surface area contributed by atoms with Crippen molar-refractivity contribution in [3.63, 3.8) is 0 Å². The average molecular weight is 341 g/mol. The van der Waals surface area contributed by atoms with Gasteiger partial charge in [-0.2, -0.15) is 13.2 Å². The number of alkyl halides is 3. The number of amides is 1. The maximum atomic E-state index is 12.7. The van der Waals surface area contributed by atoms with E-state index in [2.05, 4.69) is 10.5 Å². The van der Waals surface area contributed by atoms with Gasteiger partial charge in [0.2, 0.25) is 5.88 Å². The lowest BCUT2D eigenvalue weighted by molar-refractivity contribution is -0.137. The number of benzene rings is 1. The number of anilines is 2. The summed E-state index contributed by atoms with van der Waals surface area (Å²) in [5, 5.41) is 6.05. The lowest BCUT2D eigenvalue weighted by Crippen LogP contribution is -2.35. The van der Waals surface area contributed by atoms with Gasteiger partial charge >= 0.3 is 6.18 Å². The number of morpholine rings is 1. The molecule has 0 spiro atoms. The van der Waals surface area contributed by atoms with Gasteiger partial charge in [-0.05, 0) is 18.2 Å². The molecule has 0 aliphatic carbocycles. The zero-order valence-corrected chi connectivity index (χ0v) is 12.5. The third-order valence-corrected chi connectivity index (χ3v) is 3.50. The Hall–Kier alpha value is -2.55. The van der Waals surface area contributed by atoms with Gasteiger partial charge in [0.15, 0.2) is 5.69 Å². The van der Waals surface area contributed by atoms with E-state index in [1.54, 1.807) is 0 Å². The van der Waals surface area contributed by atoms with Crippen molar-refractivity contribution in [3.05, 3.63) is 41.6 Å². The van der Waals surface area contributed by atoms with Gasteiger partial charge < -0.3 is 19.5 Å². The molecule has 1 aliphatic rings. The highest BCUT2D eigenvalue weighted by Gasteiger charge is 2.30. The fraction of sp³-hybridized carbons (Fsp3) is 0.333. The highest BCUT2D eigenvalue weighted by molar-refractivity contribution is 6.03.